The van der Waals surface area contributed by atoms with E-state index in [4.69, 9.17) is 9.47 Å². The summed E-state index contributed by atoms with van der Waals surface area (Å²) in [6.45, 7) is 2.56. The Hall–Kier alpha value is -3.53. The molecule has 0 N–H and O–H groups in total. The van der Waals surface area contributed by atoms with E-state index in [-0.39, 0.29) is 11.9 Å². The van der Waals surface area contributed by atoms with Crippen molar-refractivity contribution in [1.82, 2.24) is 0 Å². The summed E-state index contributed by atoms with van der Waals surface area (Å²) in [6, 6.07) is 26.9. The number of amides is 1. The number of rotatable bonds is 7. The maximum Gasteiger partial charge on any atom is 0.271 e. The molecular weight excluding hydrogens is 362 g/mol. The van der Waals surface area contributed by atoms with Crippen LogP contribution in [0.5, 0.6) is 11.5 Å². The fraction of sp³-hybridized carbons (Fsp3) is 0.160. The maximum absolute atomic E-state index is 12.9. The second-order valence-electron chi connectivity index (χ2n) is 6.75. The van der Waals surface area contributed by atoms with Crippen LogP contribution in [-0.2, 0) is 4.79 Å². The molecule has 2 atom stereocenters. The third kappa shape index (κ3) is 4.16. The van der Waals surface area contributed by atoms with Gasteiger partial charge in [0.25, 0.3) is 5.91 Å². The molecule has 1 heterocycles. The van der Waals surface area contributed by atoms with Crippen molar-refractivity contribution >= 4 is 17.7 Å². The molecule has 146 valence electrons. The summed E-state index contributed by atoms with van der Waals surface area (Å²) in [7, 11) is 0. The summed E-state index contributed by atoms with van der Waals surface area (Å²) in [5.41, 5.74) is 1.91. The Balaban J connectivity index is 1.59. The van der Waals surface area contributed by atoms with Gasteiger partial charge in [0.1, 0.15) is 17.5 Å². The minimum absolute atomic E-state index is 0.0549. The summed E-state index contributed by atoms with van der Waals surface area (Å²) in [6.07, 6.45) is 3.50. The van der Waals surface area contributed by atoms with Gasteiger partial charge in [0.15, 0.2) is 0 Å². The molecule has 0 spiro atoms. The molecule has 1 saturated heterocycles. The highest BCUT2D eigenvalue weighted by Crippen LogP contribution is 2.33. The Morgan fingerprint density at radius 2 is 1.52 bits per heavy atom. The van der Waals surface area contributed by atoms with Gasteiger partial charge in [-0.25, -0.2) is 0 Å². The highest BCUT2D eigenvalue weighted by atomic mass is 16.5. The van der Waals surface area contributed by atoms with Gasteiger partial charge < -0.3 is 9.47 Å². The van der Waals surface area contributed by atoms with Crippen molar-refractivity contribution in [3.8, 4) is 11.5 Å². The van der Waals surface area contributed by atoms with Crippen molar-refractivity contribution in [2.75, 3.05) is 11.5 Å². The molecule has 1 aliphatic heterocycles. The van der Waals surface area contributed by atoms with E-state index in [1.165, 1.54) is 0 Å². The van der Waals surface area contributed by atoms with Crippen LogP contribution < -0.4 is 14.4 Å². The van der Waals surface area contributed by atoms with E-state index in [2.05, 4.69) is 0 Å². The lowest BCUT2D eigenvalue weighted by molar-refractivity contribution is -0.133. The Morgan fingerprint density at radius 3 is 2.17 bits per heavy atom. The zero-order valence-corrected chi connectivity index (χ0v) is 16.3. The van der Waals surface area contributed by atoms with Crippen LogP contribution in [0.4, 0.5) is 5.69 Å². The van der Waals surface area contributed by atoms with E-state index in [9.17, 15) is 4.79 Å². The van der Waals surface area contributed by atoms with E-state index in [1.54, 1.807) is 4.90 Å². The lowest BCUT2D eigenvalue weighted by atomic mass is 9.95. The number of benzene rings is 3. The highest BCUT2D eigenvalue weighted by molar-refractivity contribution is 6.06. The predicted molar refractivity (Wildman–Crippen MR) is 115 cm³/mol. The number of anilines is 1. The van der Waals surface area contributed by atoms with Crippen LogP contribution in [0.15, 0.2) is 91.0 Å². The molecular formula is C25H23NO3. The molecule has 4 heteroatoms. The van der Waals surface area contributed by atoms with Crippen molar-refractivity contribution < 1.29 is 14.3 Å². The minimum Gasteiger partial charge on any atom is -0.494 e. The van der Waals surface area contributed by atoms with Crippen molar-refractivity contribution in [1.29, 1.82) is 0 Å². The van der Waals surface area contributed by atoms with Gasteiger partial charge in [-0.3, -0.25) is 9.69 Å². The van der Waals surface area contributed by atoms with Gasteiger partial charge in [0, 0.05) is 5.69 Å². The van der Waals surface area contributed by atoms with Crippen molar-refractivity contribution in [3.63, 3.8) is 0 Å². The van der Waals surface area contributed by atoms with Gasteiger partial charge in [-0.2, -0.15) is 0 Å². The van der Waals surface area contributed by atoms with Crippen LogP contribution in [0.3, 0.4) is 0 Å². The summed E-state index contributed by atoms with van der Waals surface area (Å²) in [5.74, 6) is 1.42. The molecule has 3 aromatic carbocycles. The molecule has 0 saturated carbocycles. The van der Waals surface area contributed by atoms with Crippen molar-refractivity contribution in [2.45, 2.75) is 19.1 Å². The quantitative estimate of drug-likeness (QED) is 0.540. The molecule has 29 heavy (non-hydrogen) atoms. The van der Waals surface area contributed by atoms with E-state index in [0.29, 0.717) is 12.4 Å². The fourth-order valence-electron chi connectivity index (χ4n) is 3.38. The number of ether oxygens (including phenoxy) is 2. The third-order valence-corrected chi connectivity index (χ3v) is 4.81. The van der Waals surface area contributed by atoms with Crippen molar-refractivity contribution in [2.24, 2.45) is 0 Å². The molecule has 1 fully saturated rings. The highest BCUT2D eigenvalue weighted by Gasteiger charge is 2.48. The number of hydrogen-bond acceptors (Lipinski definition) is 3. The zero-order valence-electron chi connectivity index (χ0n) is 16.3. The first-order valence-corrected chi connectivity index (χ1v) is 9.77. The maximum atomic E-state index is 12.9. The molecule has 0 aliphatic carbocycles. The van der Waals surface area contributed by atoms with E-state index < -0.39 is 6.10 Å². The number of β-lactam (4-membered cyclic amide) rings is 1. The van der Waals surface area contributed by atoms with Gasteiger partial charge in [-0.05, 0) is 48.9 Å². The Morgan fingerprint density at radius 1 is 0.862 bits per heavy atom. The smallest absolute Gasteiger partial charge is 0.271 e. The molecule has 4 nitrogen and oxygen atoms in total. The lowest BCUT2D eigenvalue weighted by Gasteiger charge is -2.45. The standard InChI is InChI=1S/C25H23NO3/c1-2-28-21-16-14-20(15-17-21)26-23(18-13-19-9-5-3-6-10-19)24(25(26)27)29-22-11-7-4-8-12-22/h3-18,23-24H,2H2,1H3/b18-13+. The van der Waals surface area contributed by atoms with Crippen LogP contribution in [0.25, 0.3) is 6.08 Å². The zero-order chi connectivity index (χ0) is 20.1. The molecule has 2 unspecified atom stereocenters. The SMILES string of the molecule is CCOc1ccc(N2C(=O)C(Oc3ccccc3)C2/C=C/c2ccccc2)cc1. The molecule has 0 bridgehead atoms. The van der Waals surface area contributed by atoms with Gasteiger partial charge in [-0.1, -0.05) is 60.7 Å². The summed E-state index contributed by atoms with van der Waals surface area (Å²) in [5, 5.41) is 0. The Labute approximate surface area is 171 Å². The average molecular weight is 385 g/mol. The van der Waals surface area contributed by atoms with E-state index in [1.807, 2.05) is 104 Å². The lowest BCUT2D eigenvalue weighted by Crippen LogP contribution is -2.66. The van der Waals surface area contributed by atoms with Gasteiger partial charge in [-0.15, -0.1) is 0 Å². The van der Waals surface area contributed by atoms with Crippen LogP contribution in [0.2, 0.25) is 0 Å². The molecule has 0 aromatic heterocycles. The predicted octanol–water partition coefficient (Wildman–Crippen LogP) is 4.96. The number of carbonyl (C=O) groups excluding carboxylic acids is 1. The van der Waals surface area contributed by atoms with Crippen LogP contribution in [0.1, 0.15) is 12.5 Å². The van der Waals surface area contributed by atoms with Crippen LogP contribution >= 0.6 is 0 Å². The monoisotopic (exact) mass is 385 g/mol. The second-order valence-corrected chi connectivity index (χ2v) is 6.75. The van der Waals surface area contributed by atoms with Gasteiger partial charge in [0.05, 0.1) is 6.61 Å². The van der Waals surface area contributed by atoms with E-state index >= 15 is 0 Å². The topological polar surface area (TPSA) is 38.8 Å². The summed E-state index contributed by atoms with van der Waals surface area (Å²) in [4.78, 5) is 14.7. The first-order chi connectivity index (χ1) is 14.3. The van der Waals surface area contributed by atoms with E-state index in [0.717, 1.165) is 17.0 Å². The van der Waals surface area contributed by atoms with Gasteiger partial charge in [0.2, 0.25) is 6.10 Å². The molecule has 1 amide bonds. The van der Waals surface area contributed by atoms with Gasteiger partial charge >= 0.3 is 0 Å². The first-order valence-electron chi connectivity index (χ1n) is 9.77. The molecule has 1 aliphatic rings. The number of nitrogens with zero attached hydrogens (tertiary/aromatic N) is 1. The largest absolute Gasteiger partial charge is 0.494 e. The van der Waals surface area contributed by atoms with Crippen LogP contribution in [-0.4, -0.2) is 24.7 Å². The summed E-state index contributed by atoms with van der Waals surface area (Å²) < 4.78 is 11.5. The average Bonchev–Trinajstić information content (AvgIpc) is 2.77. The van der Waals surface area contributed by atoms with Crippen LogP contribution in [0, 0.1) is 0 Å². The number of carbonyl (C=O) groups is 1. The normalized spacial score (nSPS) is 18.5. The first kappa shape index (κ1) is 18.8. The second kappa shape index (κ2) is 8.65. The Kier molecular flexibility index (Phi) is 5.61. The Bertz CT molecular complexity index is 968. The third-order valence-electron chi connectivity index (χ3n) is 4.81. The summed E-state index contributed by atoms with van der Waals surface area (Å²) >= 11 is 0. The number of para-hydroxylation sites is 1. The number of hydrogen-bond donors (Lipinski definition) is 0. The molecule has 4 rings (SSSR count). The fourth-order valence-corrected chi connectivity index (χ4v) is 3.38. The molecule has 0 radical (unpaired) electrons. The minimum atomic E-state index is -0.552. The molecule has 3 aromatic rings. The van der Waals surface area contributed by atoms with Crippen molar-refractivity contribution in [3.05, 3.63) is 96.6 Å².